The Kier molecular flexibility index (Phi) is 3.86. The number of carbonyl (C=O) groups is 1. The smallest absolute Gasteiger partial charge is 0.267 e. The minimum absolute atomic E-state index is 0.0922. The summed E-state index contributed by atoms with van der Waals surface area (Å²) in [7, 11) is 0. The quantitative estimate of drug-likeness (QED) is 0.597. The number of amides is 1. The first-order chi connectivity index (χ1) is 13.7. The third-order valence-electron chi connectivity index (χ3n) is 5.16. The third-order valence-corrected chi connectivity index (χ3v) is 5.16. The largest absolute Gasteiger partial charge is 0.463 e. The zero-order valence-corrected chi connectivity index (χ0v) is 15.1. The van der Waals surface area contributed by atoms with E-state index in [4.69, 9.17) is 4.42 Å². The predicted octanol–water partition coefficient (Wildman–Crippen LogP) is 2.57. The summed E-state index contributed by atoms with van der Waals surface area (Å²) in [6.45, 7) is 1.06. The SMILES string of the molecule is O=C(Cn1nc(-c2ccco2)ccc1=O)N1CCc2[nH]c3ccccc3c2C1. The van der Waals surface area contributed by atoms with Crippen molar-refractivity contribution in [2.45, 2.75) is 19.5 Å². The molecular formula is C21H18N4O3. The van der Waals surface area contributed by atoms with Gasteiger partial charge in [0.2, 0.25) is 5.91 Å². The maximum atomic E-state index is 12.9. The van der Waals surface area contributed by atoms with Gasteiger partial charge in [-0.25, -0.2) is 4.68 Å². The van der Waals surface area contributed by atoms with Crippen LogP contribution >= 0.6 is 0 Å². The molecule has 1 amide bonds. The Labute approximate surface area is 160 Å². The lowest BCUT2D eigenvalue weighted by molar-refractivity contribution is -0.133. The van der Waals surface area contributed by atoms with Gasteiger partial charge in [0.15, 0.2) is 5.76 Å². The maximum Gasteiger partial charge on any atom is 0.267 e. The molecule has 0 radical (unpaired) electrons. The van der Waals surface area contributed by atoms with Gasteiger partial charge in [0.05, 0.1) is 6.26 Å². The highest BCUT2D eigenvalue weighted by atomic mass is 16.3. The number of furan rings is 1. The second kappa shape index (κ2) is 6.53. The molecule has 0 bridgehead atoms. The monoisotopic (exact) mass is 374 g/mol. The van der Waals surface area contributed by atoms with Crippen molar-refractivity contribution in [3.63, 3.8) is 0 Å². The van der Waals surface area contributed by atoms with Gasteiger partial charge in [-0.2, -0.15) is 5.10 Å². The Morgan fingerprint density at radius 1 is 1.14 bits per heavy atom. The molecule has 0 fully saturated rings. The Bertz CT molecular complexity index is 1220. The fraction of sp³-hybridized carbons (Fsp3) is 0.190. The second-order valence-electron chi connectivity index (χ2n) is 6.88. The van der Waals surface area contributed by atoms with Gasteiger partial charge < -0.3 is 14.3 Å². The van der Waals surface area contributed by atoms with Crippen LogP contribution in [0, 0.1) is 0 Å². The molecule has 5 rings (SSSR count). The van der Waals surface area contributed by atoms with Crippen molar-refractivity contribution in [2.75, 3.05) is 6.54 Å². The van der Waals surface area contributed by atoms with Crippen LogP contribution in [0.25, 0.3) is 22.4 Å². The number of fused-ring (bicyclic) bond motifs is 3. The lowest BCUT2D eigenvalue weighted by Crippen LogP contribution is -2.40. The third kappa shape index (κ3) is 2.81. The lowest BCUT2D eigenvalue weighted by Gasteiger charge is -2.27. The molecule has 0 atom stereocenters. The minimum Gasteiger partial charge on any atom is -0.463 e. The summed E-state index contributed by atoms with van der Waals surface area (Å²) < 4.78 is 6.53. The molecule has 7 nitrogen and oxygen atoms in total. The standard InChI is InChI=1S/C21H18N4O3/c26-20-8-7-18(19-6-3-11-28-19)23-25(20)13-21(27)24-10-9-17-15(12-24)14-4-1-2-5-16(14)22-17/h1-8,11,22H,9-10,12-13H2. The number of nitrogens with zero attached hydrogens (tertiary/aromatic N) is 3. The van der Waals surface area contributed by atoms with Crippen LogP contribution in [-0.4, -0.2) is 32.1 Å². The van der Waals surface area contributed by atoms with E-state index in [1.165, 1.54) is 16.4 Å². The molecule has 4 heterocycles. The average Bonchev–Trinajstić information content (AvgIpc) is 3.37. The fourth-order valence-electron chi connectivity index (χ4n) is 3.73. The highest BCUT2D eigenvalue weighted by Crippen LogP contribution is 2.27. The van der Waals surface area contributed by atoms with Gasteiger partial charge in [0.1, 0.15) is 12.2 Å². The average molecular weight is 374 g/mol. The molecule has 28 heavy (non-hydrogen) atoms. The number of aromatic amines is 1. The van der Waals surface area contributed by atoms with Crippen molar-refractivity contribution in [3.05, 3.63) is 76.4 Å². The van der Waals surface area contributed by atoms with Gasteiger partial charge in [0.25, 0.3) is 5.56 Å². The number of hydrogen-bond donors (Lipinski definition) is 1. The number of nitrogens with one attached hydrogen (secondary N) is 1. The van der Waals surface area contributed by atoms with E-state index in [0.717, 1.165) is 22.9 Å². The first-order valence-corrected chi connectivity index (χ1v) is 9.17. The summed E-state index contributed by atoms with van der Waals surface area (Å²) in [5.41, 5.74) is 3.63. The number of H-pyrrole nitrogens is 1. The number of para-hydroxylation sites is 1. The Morgan fingerprint density at radius 3 is 2.89 bits per heavy atom. The van der Waals surface area contributed by atoms with Crippen LogP contribution in [0.5, 0.6) is 0 Å². The van der Waals surface area contributed by atoms with Crippen LogP contribution in [0.4, 0.5) is 0 Å². The maximum absolute atomic E-state index is 12.9. The Balaban J connectivity index is 1.39. The number of hydrogen-bond acceptors (Lipinski definition) is 4. The molecule has 140 valence electrons. The van der Waals surface area contributed by atoms with Crippen molar-refractivity contribution < 1.29 is 9.21 Å². The Hall–Kier alpha value is -3.61. The van der Waals surface area contributed by atoms with E-state index in [9.17, 15) is 9.59 Å². The zero-order chi connectivity index (χ0) is 19.1. The van der Waals surface area contributed by atoms with Gasteiger partial charge in [-0.05, 0) is 24.3 Å². The van der Waals surface area contributed by atoms with E-state index in [0.29, 0.717) is 24.5 Å². The molecule has 1 N–H and O–H groups in total. The molecule has 0 aliphatic carbocycles. The molecule has 1 aromatic carbocycles. The lowest BCUT2D eigenvalue weighted by atomic mass is 10.0. The van der Waals surface area contributed by atoms with E-state index < -0.39 is 0 Å². The van der Waals surface area contributed by atoms with Crippen molar-refractivity contribution in [1.29, 1.82) is 0 Å². The van der Waals surface area contributed by atoms with Gasteiger partial charge >= 0.3 is 0 Å². The molecule has 0 spiro atoms. The number of rotatable bonds is 3. The summed E-state index contributed by atoms with van der Waals surface area (Å²) >= 11 is 0. The molecule has 0 saturated carbocycles. The Morgan fingerprint density at radius 2 is 2.04 bits per heavy atom. The van der Waals surface area contributed by atoms with E-state index >= 15 is 0 Å². The predicted molar refractivity (Wildman–Crippen MR) is 104 cm³/mol. The second-order valence-corrected chi connectivity index (χ2v) is 6.88. The van der Waals surface area contributed by atoms with E-state index in [1.807, 2.05) is 18.2 Å². The van der Waals surface area contributed by atoms with E-state index in [2.05, 4.69) is 16.1 Å². The van der Waals surface area contributed by atoms with Crippen molar-refractivity contribution in [1.82, 2.24) is 19.7 Å². The number of carbonyl (C=O) groups excluding carboxylic acids is 1. The minimum atomic E-state index is -0.312. The molecule has 7 heteroatoms. The molecule has 0 saturated heterocycles. The van der Waals surface area contributed by atoms with Crippen LogP contribution in [0.3, 0.4) is 0 Å². The van der Waals surface area contributed by atoms with Crippen LogP contribution in [-0.2, 0) is 24.3 Å². The summed E-state index contributed by atoms with van der Waals surface area (Å²) in [5.74, 6) is 0.435. The van der Waals surface area contributed by atoms with Crippen LogP contribution in [0.15, 0.2) is 64.0 Å². The molecule has 0 unspecified atom stereocenters. The first kappa shape index (κ1) is 16.6. The normalized spacial score (nSPS) is 13.6. The first-order valence-electron chi connectivity index (χ1n) is 9.17. The van der Waals surface area contributed by atoms with Crippen LogP contribution < -0.4 is 5.56 Å². The summed E-state index contributed by atoms with van der Waals surface area (Å²) in [5, 5.41) is 5.43. The summed E-state index contributed by atoms with van der Waals surface area (Å²) in [6.07, 6.45) is 2.31. The van der Waals surface area contributed by atoms with Crippen LogP contribution in [0.2, 0.25) is 0 Å². The molecule has 4 aromatic rings. The topological polar surface area (TPSA) is 84.1 Å². The molecule has 1 aliphatic heterocycles. The van der Waals surface area contributed by atoms with Gasteiger partial charge in [-0.3, -0.25) is 9.59 Å². The zero-order valence-electron chi connectivity index (χ0n) is 15.1. The van der Waals surface area contributed by atoms with E-state index in [1.54, 1.807) is 29.4 Å². The molecule has 3 aromatic heterocycles. The van der Waals surface area contributed by atoms with Crippen molar-refractivity contribution in [2.24, 2.45) is 0 Å². The van der Waals surface area contributed by atoms with Gasteiger partial charge in [0, 0.05) is 47.7 Å². The fourth-order valence-corrected chi connectivity index (χ4v) is 3.73. The summed E-state index contributed by atoms with van der Waals surface area (Å²) in [6, 6.07) is 14.6. The summed E-state index contributed by atoms with van der Waals surface area (Å²) in [4.78, 5) is 30.3. The highest BCUT2D eigenvalue weighted by molar-refractivity contribution is 5.86. The van der Waals surface area contributed by atoms with E-state index in [-0.39, 0.29) is 18.0 Å². The highest BCUT2D eigenvalue weighted by Gasteiger charge is 2.24. The number of benzene rings is 1. The van der Waals surface area contributed by atoms with Gasteiger partial charge in [-0.15, -0.1) is 0 Å². The molecular weight excluding hydrogens is 356 g/mol. The molecule has 1 aliphatic rings. The van der Waals surface area contributed by atoms with Crippen molar-refractivity contribution in [3.8, 4) is 11.5 Å². The van der Waals surface area contributed by atoms with Crippen molar-refractivity contribution >= 4 is 16.8 Å². The van der Waals surface area contributed by atoms with Gasteiger partial charge in [-0.1, -0.05) is 18.2 Å². The number of aromatic nitrogens is 3. The van der Waals surface area contributed by atoms with Crippen LogP contribution in [0.1, 0.15) is 11.3 Å².